The zero-order valence-electron chi connectivity index (χ0n) is 11.0. The van der Waals surface area contributed by atoms with E-state index in [0.29, 0.717) is 18.8 Å². The highest BCUT2D eigenvalue weighted by atomic mass is 16.5. The molecule has 0 N–H and O–H groups in total. The van der Waals surface area contributed by atoms with Crippen LogP contribution in [0.15, 0.2) is 24.3 Å². The Morgan fingerprint density at radius 1 is 1.33 bits per heavy atom. The first-order valence-corrected chi connectivity index (χ1v) is 6.54. The van der Waals surface area contributed by atoms with Crippen molar-refractivity contribution in [2.45, 2.75) is 37.5 Å². The lowest BCUT2D eigenvalue weighted by Gasteiger charge is -2.38. The summed E-state index contributed by atoms with van der Waals surface area (Å²) in [6.45, 7) is 0.649. The van der Waals surface area contributed by atoms with Crippen LogP contribution in [0.2, 0.25) is 0 Å². The number of hydrogen-bond acceptors (Lipinski definition) is 3. The first-order valence-electron chi connectivity index (χ1n) is 6.54. The minimum atomic E-state index is -0.333. The Hall–Kier alpha value is -1.19. The number of carbonyl (C=O) groups is 1. The van der Waals surface area contributed by atoms with E-state index in [1.165, 1.54) is 11.1 Å². The first kappa shape index (κ1) is 11.9. The van der Waals surface area contributed by atoms with Gasteiger partial charge in [-0.1, -0.05) is 24.3 Å². The van der Waals surface area contributed by atoms with Gasteiger partial charge in [-0.3, -0.25) is 9.69 Å². The molecule has 0 radical (unpaired) electrons. The zero-order valence-corrected chi connectivity index (χ0v) is 11.0. The topological polar surface area (TPSA) is 29.5 Å². The molecule has 0 saturated heterocycles. The third kappa shape index (κ3) is 1.70. The first-order chi connectivity index (χ1) is 8.62. The zero-order chi connectivity index (χ0) is 12.8. The number of hydrogen-bond donors (Lipinski definition) is 0. The van der Waals surface area contributed by atoms with E-state index in [9.17, 15) is 4.79 Å². The third-order valence-electron chi connectivity index (χ3n) is 4.29. The molecule has 0 bridgehead atoms. The van der Waals surface area contributed by atoms with Crippen LogP contribution in [0.3, 0.4) is 0 Å². The van der Waals surface area contributed by atoms with E-state index in [2.05, 4.69) is 12.1 Å². The summed E-state index contributed by atoms with van der Waals surface area (Å²) in [5, 5.41) is 0. The Balaban J connectivity index is 1.90. The van der Waals surface area contributed by atoms with Crippen molar-refractivity contribution in [2.24, 2.45) is 0 Å². The second-order valence-electron chi connectivity index (χ2n) is 5.60. The number of likely N-dealkylation sites (N-methyl/N-ethyl adjacent to an activating group) is 1. The van der Waals surface area contributed by atoms with Crippen LogP contribution in [0, 0.1) is 0 Å². The van der Waals surface area contributed by atoms with Crippen LogP contribution >= 0.6 is 0 Å². The molecule has 3 heteroatoms. The summed E-state index contributed by atoms with van der Waals surface area (Å²) in [4.78, 5) is 14.3. The van der Waals surface area contributed by atoms with Crippen molar-refractivity contribution in [3.63, 3.8) is 0 Å². The van der Waals surface area contributed by atoms with Crippen LogP contribution in [-0.4, -0.2) is 30.8 Å². The van der Waals surface area contributed by atoms with Crippen molar-refractivity contribution in [3.8, 4) is 0 Å². The number of benzene rings is 1. The number of Topliss-reactive ketones (excluding diaryl/α,β-unsaturated/α-hetero) is 1. The average molecular weight is 245 g/mol. The molecule has 96 valence electrons. The molecule has 1 aromatic rings. The second-order valence-corrected chi connectivity index (χ2v) is 5.60. The summed E-state index contributed by atoms with van der Waals surface area (Å²) >= 11 is 0. The van der Waals surface area contributed by atoms with Gasteiger partial charge in [-0.15, -0.1) is 0 Å². The molecule has 0 amide bonds. The molecule has 3 rings (SSSR count). The SMILES string of the molecule is CN(C)[C@H]1CC[C@]2(CC1=O)OCc1ccccc12. The molecular formula is C15H19NO2. The Bertz CT molecular complexity index is 483. The van der Waals surface area contributed by atoms with Crippen molar-refractivity contribution in [2.75, 3.05) is 14.1 Å². The molecule has 18 heavy (non-hydrogen) atoms. The fourth-order valence-electron chi connectivity index (χ4n) is 3.30. The largest absolute Gasteiger partial charge is 0.365 e. The van der Waals surface area contributed by atoms with Crippen LogP contribution < -0.4 is 0 Å². The van der Waals surface area contributed by atoms with Gasteiger partial charge in [-0.2, -0.15) is 0 Å². The van der Waals surface area contributed by atoms with E-state index in [1.807, 2.05) is 31.1 Å². The minimum absolute atomic E-state index is 0.0620. The van der Waals surface area contributed by atoms with Gasteiger partial charge in [0.15, 0.2) is 5.78 Å². The summed E-state index contributed by atoms with van der Waals surface area (Å²) in [5.74, 6) is 0.308. The van der Waals surface area contributed by atoms with Crippen molar-refractivity contribution < 1.29 is 9.53 Å². The molecule has 3 nitrogen and oxygen atoms in total. The normalized spacial score (nSPS) is 31.1. The van der Waals surface area contributed by atoms with Crippen molar-refractivity contribution in [3.05, 3.63) is 35.4 Å². The fourth-order valence-corrected chi connectivity index (χ4v) is 3.30. The van der Waals surface area contributed by atoms with E-state index in [4.69, 9.17) is 4.74 Å². The average Bonchev–Trinajstić information content (AvgIpc) is 2.69. The molecule has 2 aliphatic rings. The van der Waals surface area contributed by atoms with Crippen LogP contribution in [0.25, 0.3) is 0 Å². The molecular weight excluding hydrogens is 226 g/mol. The number of rotatable bonds is 1. The van der Waals surface area contributed by atoms with Gasteiger partial charge in [-0.25, -0.2) is 0 Å². The number of nitrogens with zero attached hydrogens (tertiary/aromatic N) is 1. The summed E-state index contributed by atoms with van der Waals surface area (Å²) in [6, 6.07) is 8.36. The summed E-state index contributed by atoms with van der Waals surface area (Å²) in [6.07, 6.45) is 2.35. The predicted molar refractivity (Wildman–Crippen MR) is 69.2 cm³/mol. The van der Waals surface area contributed by atoms with Gasteiger partial charge in [0.1, 0.15) is 5.60 Å². The monoisotopic (exact) mass is 245 g/mol. The highest BCUT2D eigenvalue weighted by molar-refractivity contribution is 5.86. The van der Waals surface area contributed by atoms with Gasteiger partial charge >= 0.3 is 0 Å². The van der Waals surface area contributed by atoms with E-state index < -0.39 is 0 Å². The highest BCUT2D eigenvalue weighted by Crippen LogP contribution is 2.46. The Morgan fingerprint density at radius 2 is 2.11 bits per heavy atom. The van der Waals surface area contributed by atoms with Gasteiger partial charge in [0.2, 0.25) is 0 Å². The number of fused-ring (bicyclic) bond motifs is 2. The number of carbonyl (C=O) groups excluding carboxylic acids is 1. The fraction of sp³-hybridized carbons (Fsp3) is 0.533. The van der Waals surface area contributed by atoms with Gasteiger partial charge in [0.05, 0.1) is 12.6 Å². The molecule has 1 aliphatic heterocycles. The number of ketones is 1. The quantitative estimate of drug-likeness (QED) is 0.759. The van der Waals surface area contributed by atoms with Gasteiger partial charge in [0.25, 0.3) is 0 Å². The predicted octanol–water partition coefficient (Wildman–Crippen LogP) is 2.10. The lowest BCUT2D eigenvalue weighted by molar-refractivity contribution is -0.139. The smallest absolute Gasteiger partial charge is 0.153 e. The van der Waals surface area contributed by atoms with Crippen LogP contribution in [0.1, 0.15) is 30.4 Å². The van der Waals surface area contributed by atoms with Gasteiger partial charge in [0, 0.05) is 6.42 Å². The van der Waals surface area contributed by atoms with Crippen LogP contribution in [-0.2, 0) is 21.7 Å². The maximum atomic E-state index is 12.3. The molecule has 1 heterocycles. The van der Waals surface area contributed by atoms with Gasteiger partial charge < -0.3 is 4.74 Å². The molecule has 0 aromatic heterocycles. The Labute approximate surface area is 108 Å². The molecule has 1 aliphatic carbocycles. The standard InChI is InChI=1S/C15H19NO2/c1-16(2)13-7-8-15(9-14(13)17)12-6-4-3-5-11(12)10-18-15/h3-6,13H,7-10H2,1-2H3/t13-,15+/m0/s1. The second kappa shape index (κ2) is 4.18. The summed E-state index contributed by atoms with van der Waals surface area (Å²) in [5.41, 5.74) is 2.14. The Kier molecular flexibility index (Phi) is 2.76. The molecule has 1 aromatic carbocycles. The van der Waals surface area contributed by atoms with Crippen molar-refractivity contribution >= 4 is 5.78 Å². The third-order valence-corrected chi connectivity index (χ3v) is 4.29. The molecule has 1 fully saturated rings. The minimum Gasteiger partial charge on any atom is -0.365 e. The van der Waals surface area contributed by atoms with E-state index in [-0.39, 0.29) is 11.6 Å². The van der Waals surface area contributed by atoms with Crippen molar-refractivity contribution in [1.29, 1.82) is 0 Å². The molecule has 0 unspecified atom stereocenters. The lowest BCUT2D eigenvalue weighted by atomic mass is 9.76. The van der Waals surface area contributed by atoms with E-state index >= 15 is 0 Å². The van der Waals surface area contributed by atoms with Crippen LogP contribution in [0.4, 0.5) is 0 Å². The molecule has 1 spiro atoms. The lowest BCUT2D eigenvalue weighted by Crippen LogP contribution is -2.46. The van der Waals surface area contributed by atoms with E-state index in [0.717, 1.165) is 12.8 Å². The maximum Gasteiger partial charge on any atom is 0.153 e. The van der Waals surface area contributed by atoms with Gasteiger partial charge in [-0.05, 0) is 38.1 Å². The summed E-state index contributed by atoms with van der Waals surface area (Å²) in [7, 11) is 3.95. The molecule has 2 atom stereocenters. The van der Waals surface area contributed by atoms with E-state index in [1.54, 1.807) is 0 Å². The number of ether oxygens (including phenoxy) is 1. The molecule has 1 saturated carbocycles. The Morgan fingerprint density at radius 3 is 2.83 bits per heavy atom. The van der Waals surface area contributed by atoms with Crippen LogP contribution in [0.5, 0.6) is 0 Å². The summed E-state index contributed by atoms with van der Waals surface area (Å²) < 4.78 is 6.01. The van der Waals surface area contributed by atoms with Crippen molar-refractivity contribution in [1.82, 2.24) is 4.90 Å². The highest BCUT2D eigenvalue weighted by Gasteiger charge is 2.46. The maximum absolute atomic E-state index is 12.3.